The zero-order chi connectivity index (χ0) is 15.3. The Labute approximate surface area is 127 Å². The minimum absolute atomic E-state index is 0.129. The van der Waals surface area contributed by atoms with E-state index >= 15 is 0 Å². The first kappa shape index (κ1) is 16.5. The number of hydrogen-bond acceptors (Lipinski definition) is 4. The quantitative estimate of drug-likeness (QED) is 0.804. The van der Waals surface area contributed by atoms with Gasteiger partial charge in [-0.3, -0.25) is 9.69 Å². The number of nitrogens with zero attached hydrogens (tertiary/aromatic N) is 2. The summed E-state index contributed by atoms with van der Waals surface area (Å²) >= 11 is 0. The lowest BCUT2D eigenvalue weighted by Gasteiger charge is -2.35. The van der Waals surface area contributed by atoms with Crippen molar-refractivity contribution in [2.75, 3.05) is 39.9 Å². The van der Waals surface area contributed by atoms with Gasteiger partial charge < -0.3 is 14.7 Å². The molecule has 0 aromatic heterocycles. The minimum Gasteiger partial charge on any atom is -0.388 e. The van der Waals surface area contributed by atoms with Gasteiger partial charge in [-0.05, 0) is 33.2 Å². The number of likely N-dealkylation sites (N-methyl/N-ethyl adjacent to an activating group) is 2. The van der Waals surface area contributed by atoms with Crippen LogP contribution in [0.4, 0.5) is 0 Å². The number of hydrogen-bond donors (Lipinski definition) is 1. The summed E-state index contributed by atoms with van der Waals surface area (Å²) in [5, 5.41) is 10.5. The molecule has 0 bridgehead atoms. The summed E-state index contributed by atoms with van der Waals surface area (Å²) in [7, 11) is 1.90. The molecular weight excluding hydrogens is 268 g/mol. The van der Waals surface area contributed by atoms with Crippen molar-refractivity contribution in [2.24, 2.45) is 0 Å². The number of ether oxygens (including phenoxy) is 1. The van der Waals surface area contributed by atoms with Crippen LogP contribution in [0.1, 0.15) is 39.0 Å². The van der Waals surface area contributed by atoms with E-state index in [-0.39, 0.29) is 5.91 Å². The van der Waals surface area contributed by atoms with Crippen LogP contribution in [0.3, 0.4) is 0 Å². The lowest BCUT2D eigenvalue weighted by atomic mass is 9.94. The van der Waals surface area contributed by atoms with Crippen molar-refractivity contribution >= 4 is 5.91 Å². The summed E-state index contributed by atoms with van der Waals surface area (Å²) in [5.41, 5.74) is 0.456. The topological polar surface area (TPSA) is 53.0 Å². The van der Waals surface area contributed by atoms with E-state index < -0.39 is 5.60 Å². The predicted molar refractivity (Wildman–Crippen MR) is 81.8 cm³/mol. The Balaban J connectivity index is 1.85. The van der Waals surface area contributed by atoms with Crippen LogP contribution >= 0.6 is 0 Å². The molecule has 0 atom stereocenters. The molecule has 0 unspecified atom stereocenters. The van der Waals surface area contributed by atoms with E-state index in [1.54, 1.807) is 0 Å². The molecule has 2 aliphatic rings. The third-order valence-corrected chi connectivity index (χ3v) is 4.37. The second kappa shape index (κ2) is 7.38. The average Bonchev–Trinajstić information content (AvgIpc) is 2.93. The fraction of sp³-hybridized carbons (Fsp3) is 0.812. The van der Waals surface area contributed by atoms with Gasteiger partial charge >= 0.3 is 0 Å². The van der Waals surface area contributed by atoms with E-state index in [0.717, 1.165) is 25.8 Å². The number of carbonyl (C=O) groups is 1. The normalized spacial score (nSPS) is 21.4. The molecular formula is C16H28N2O3. The van der Waals surface area contributed by atoms with E-state index in [9.17, 15) is 9.90 Å². The summed E-state index contributed by atoms with van der Waals surface area (Å²) in [6, 6.07) is 0. The van der Waals surface area contributed by atoms with E-state index in [1.807, 2.05) is 23.8 Å². The second-order valence-corrected chi connectivity index (χ2v) is 6.23. The Bertz CT molecular complexity index is 389. The number of aliphatic hydroxyl groups is 1. The molecule has 0 spiro atoms. The smallest absolute Gasteiger partial charge is 0.240 e. The second-order valence-electron chi connectivity index (χ2n) is 6.23. The first-order chi connectivity index (χ1) is 10.0. The Morgan fingerprint density at radius 3 is 2.71 bits per heavy atom. The van der Waals surface area contributed by atoms with Crippen molar-refractivity contribution in [1.82, 2.24) is 9.80 Å². The van der Waals surface area contributed by atoms with Gasteiger partial charge in [0, 0.05) is 44.8 Å². The highest BCUT2D eigenvalue weighted by molar-refractivity contribution is 5.80. The van der Waals surface area contributed by atoms with E-state index in [1.165, 1.54) is 5.70 Å². The number of allylic oxidation sites excluding steroid dienone is 2. The lowest BCUT2D eigenvalue weighted by Crippen LogP contribution is -2.48. The van der Waals surface area contributed by atoms with Crippen LogP contribution in [0.5, 0.6) is 0 Å². The monoisotopic (exact) mass is 296 g/mol. The van der Waals surface area contributed by atoms with Gasteiger partial charge in [0.05, 0.1) is 12.1 Å². The van der Waals surface area contributed by atoms with Crippen molar-refractivity contribution in [1.29, 1.82) is 0 Å². The Kier molecular flexibility index (Phi) is 5.79. The molecule has 1 amide bonds. The average molecular weight is 296 g/mol. The summed E-state index contributed by atoms with van der Waals surface area (Å²) in [5.74, 6) is 0.129. The van der Waals surface area contributed by atoms with Gasteiger partial charge in [-0.1, -0.05) is 6.08 Å². The summed E-state index contributed by atoms with van der Waals surface area (Å²) in [6.45, 7) is 4.82. The molecule has 5 nitrogen and oxygen atoms in total. The molecule has 1 N–H and O–H groups in total. The highest BCUT2D eigenvalue weighted by Gasteiger charge is 2.32. The van der Waals surface area contributed by atoms with E-state index in [2.05, 4.69) is 6.08 Å². The molecule has 1 fully saturated rings. The van der Waals surface area contributed by atoms with Crippen LogP contribution in [0, 0.1) is 0 Å². The van der Waals surface area contributed by atoms with Gasteiger partial charge in [0.1, 0.15) is 0 Å². The fourth-order valence-electron chi connectivity index (χ4n) is 3.22. The number of carbonyl (C=O) groups excluding carboxylic acids is 1. The highest BCUT2D eigenvalue weighted by Crippen LogP contribution is 2.23. The van der Waals surface area contributed by atoms with Crippen LogP contribution < -0.4 is 0 Å². The third-order valence-electron chi connectivity index (χ3n) is 4.37. The maximum absolute atomic E-state index is 12.5. The maximum atomic E-state index is 12.5. The molecule has 0 aromatic carbocycles. The zero-order valence-electron chi connectivity index (χ0n) is 13.3. The molecule has 0 radical (unpaired) electrons. The molecule has 0 aromatic rings. The largest absolute Gasteiger partial charge is 0.388 e. The maximum Gasteiger partial charge on any atom is 0.240 e. The van der Waals surface area contributed by atoms with Crippen molar-refractivity contribution in [3.8, 4) is 0 Å². The zero-order valence-corrected chi connectivity index (χ0v) is 13.3. The number of rotatable bonds is 6. The van der Waals surface area contributed by atoms with Crippen LogP contribution in [0.15, 0.2) is 11.8 Å². The first-order valence-corrected chi connectivity index (χ1v) is 8.02. The van der Waals surface area contributed by atoms with Crippen molar-refractivity contribution in [3.05, 3.63) is 11.8 Å². The predicted octanol–water partition coefficient (Wildman–Crippen LogP) is 1.38. The molecule has 2 rings (SSSR count). The van der Waals surface area contributed by atoms with E-state index in [4.69, 9.17) is 4.74 Å². The van der Waals surface area contributed by atoms with Crippen LogP contribution in [-0.4, -0.2) is 66.3 Å². The summed E-state index contributed by atoms with van der Waals surface area (Å²) in [4.78, 5) is 16.3. The molecule has 0 saturated carbocycles. The van der Waals surface area contributed by atoms with Gasteiger partial charge in [0.25, 0.3) is 0 Å². The van der Waals surface area contributed by atoms with Crippen molar-refractivity contribution in [2.45, 2.75) is 44.6 Å². The molecule has 1 heterocycles. The summed E-state index contributed by atoms with van der Waals surface area (Å²) < 4.78 is 5.29. The van der Waals surface area contributed by atoms with Gasteiger partial charge in [-0.2, -0.15) is 0 Å². The molecule has 1 saturated heterocycles. The molecule has 120 valence electrons. The Morgan fingerprint density at radius 2 is 2.14 bits per heavy atom. The molecule has 1 aliphatic carbocycles. The van der Waals surface area contributed by atoms with Gasteiger partial charge in [0.2, 0.25) is 5.91 Å². The van der Waals surface area contributed by atoms with Gasteiger partial charge in [-0.25, -0.2) is 0 Å². The fourth-order valence-corrected chi connectivity index (χ4v) is 3.22. The molecule has 5 heteroatoms. The number of amides is 1. The van der Waals surface area contributed by atoms with Crippen LogP contribution in [0.25, 0.3) is 0 Å². The van der Waals surface area contributed by atoms with Crippen molar-refractivity contribution < 1.29 is 14.6 Å². The third kappa shape index (κ3) is 4.53. The van der Waals surface area contributed by atoms with Crippen molar-refractivity contribution in [3.63, 3.8) is 0 Å². The van der Waals surface area contributed by atoms with Gasteiger partial charge in [0.15, 0.2) is 0 Å². The highest BCUT2D eigenvalue weighted by atomic mass is 16.5. The lowest BCUT2D eigenvalue weighted by molar-refractivity contribution is -0.131. The molecule has 21 heavy (non-hydrogen) atoms. The Hall–Kier alpha value is -0.910. The van der Waals surface area contributed by atoms with E-state index in [0.29, 0.717) is 39.1 Å². The van der Waals surface area contributed by atoms with Gasteiger partial charge in [-0.15, -0.1) is 0 Å². The minimum atomic E-state index is -0.711. The first-order valence-electron chi connectivity index (χ1n) is 8.02. The SMILES string of the molecule is CCN(C(=O)CN(C)CC1(O)CCOCC1)C1=CCCC1. The van der Waals surface area contributed by atoms with Crippen LogP contribution in [-0.2, 0) is 9.53 Å². The Morgan fingerprint density at radius 1 is 1.43 bits per heavy atom. The molecule has 1 aliphatic heterocycles. The standard InChI is InChI=1S/C16H28N2O3/c1-3-18(14-6-4-5-7-14)15(19)12-17(2)13-16(20)8-10-21-11-9-16/h6,20H,3-5,7-13H2,1-2H3. The van der Waals surface area contributed by atoms with Crippen LogP contribution in [0.2, 0.25) is 0 Å². The summed E-state index contributed by atoms with van der Waals surface area (Å²) in [6.07, 6.45) is 6.70.